The van der Waals surface area contributed by atoms with Crippen LogP contribution in [0, 0.1) is 17.0 Å². The summed E-state index contributed by atoms with van der Waals surface area (Å²) in [5.41, 5.74) is 7.59. The highest BCUT2D eigenvalue weighted by atomic mass is 32.2. The molecule has 0 aliphatic carbocycles. The highest BCUT2D eigenvalue weighted by Gasteiger charge is 2.18. The van der Waals surface area contributed by atoms with Crippen LogP contribution in [0.3, 0.4) is 0 Å². The van der Waals surface area contributed by atoms with E-state index in [1.165, 1.54) is 12.1 Å². The molecule has 0 heterocycles. The molecule has 9 heteroatoms. The lowest BCUT2D eigenvalue weighted by atomic mass is 10.0. The van der Waals surface area contributed by atoms with Gasteiger partial charge in [-0.25, -0.2) is 0 Å². The number of Topliss-reactive ketones (excluding diaryl/α,β-unsaturated/α-hetero) is 1. The highest BCUT2D eigenvalue weighted by molar-refractivity contribution is 7.85. The number of hydrogen-bond acceptors (Lipinski definition) is 6. The number of ketones is 1. The molecule has 0 aliphatic heterocycles. The SMILES string of the molecule is Cc1ccc(S(=O)(=O)O)cc1.NC(CCc1ccccc1)C(=O)C[N+](=O)[O-]. The van der Waals surface area contributed by atoms with Gasteiger partial charge in [0.1, 0.15) is 0 Å². The van der Waals surface area contributed by atoms with Crippen molar-refractivity contribution in [2.45, 2.75) is 30.7 Å². The summed E-state index contributed by atoms with van der Waals surface area (Å²) >= 11 is 0. The fourth-order valence-electron chi connectivity index (χ4n) is 2.08. The fourth-order valence-corrected chi connectivity index (χ4v) is 2.56. The lowest BCUT2D eigenvalue weighted by molar-refractivity contribution is -0.467. The molecule has 0 amide bonds. The van der Waals surface area contributed by atoms with Crippen molar-refractivity contribution in [2.24, 2.45) is 5.73 Å². The minimum absolute atomic E-state index is 0.0666. The number of aryl methyl sites for hydroxylation is 2. The maximum atomic E-state index is 11.2. The van der Waals surface area contributed by atoms with Gasteiger partial charge in [0.15, 0.2) is 0 Å². The molecular weight excluding hydrogens is 372 g/mol. The van der Waals surface area contributed by atoms with Crippen molar-refractivity contribution >= 4 is 15.9 Å². The first-order valence-corrected chi connectivity index (χ1v) is 9.52. The van der Waals surface area contributed by atoms with Gasteiger partial charge in [0.25, 0.3) is 16.7 Å². The third-order valence-electron chi connectivity index (χ3n) is 3.60. The number of carbonyl (C=O) groups excluding carboxylic acids is 1. The molecular formula is C18H22N2O6S. The minimum atomic E-state index is -4.02. The largest absolute Gasteiger partial charge is 0.321 e. The van der Waals surface area contributed by atoms with Crippen LogP contribution < -0.4 is 5.73 Å². The van der Waals surface area contributed by atoms with Crippen LogP contribution in [0.4, 0.5) is 0 Å². The van der Waals surface area contributed by atoms with Gasteiger partial charge in [-0.15, -0.1) is 0 Å². The van der Waals surface area contributed by atoms with Crippen molar-refractivity contribution in [3.05, 3.63) is 75.8 Å². The van der Waals surface area contributed by atoms with Crippen LogP contribution in [-0.2, 0) is 21.3 Å². The van der Waals surface area contributed by atoms with Gasteiger partial charge in [-0.05, 0) is 37.5 Å². The normalized spacial score (nSPS) is 11.8. The maximum absolute atomic E-state index is 11.2. The van der Waals surface area contributed by atoms with Crippen LogP contribution in [0.2, 0.25) is 0 Å². The van der Waals surface area contributed by atoms with E-state index in [1.807, 2.05) is 37.3 Å². The molecule has 146 valence electrons. The first-order valence-electron chi connectivity index (χ1n) is 8.07. The lowest BCUT2D eigenvalue weighted by Crippen LogP contribution is -2.35. The molecule has 3 N–H and O–H groups in total. The Labute approximate surface area is 157 Å². The Balaban J connectivity index is 0.000000289. The van der Waals surface area contributed by atoms with E-state index < -0.39 is 33.4 Å². The molecule has 0 spiro atoms. The number of rotatable bonds is 7. The molecule has 1 unspecified atom stereocenters. The summed E-state index contributed by atoms with van der Waals surface area (Å²) in [5, 5.41) is 10.1. The molecule has 8 nitrogen and oxygen atoms in total. The summed E-state index contributed by atoms with van der Waals surface area (Å²) in [5.74, 6) is -0.513. The van der Waals surface area contributed by atoms with Crippen LogP contribution in [0.15, 0.2) is 59.5 Å². The molecule has 2 aromatic rings. The van der Waals surface area contributed by atoms with Crippen molar-refractivity contribution in [1.82, 2.24) is 0 Å². The van der Waals surface area contributed by atoms with Gasteiger partial charge >= 0.3 is 0 Å². The Morgan fingerprint density at radius 3 is 2.19 bits per heavy atom. The molecule has 0 aromatic heterocycles. The van der Waals surface area contributed by atoms with Gasteiger partial charge in [0.2, 0.25) is 5.78 Å². The summed E-state index contributed by atoms with van der Waals surface area (Å²) in [6, 6.07) is 14.8. The third kappa shape index (κ3) is 9.04. The lowest BCUT2D eigenvalue weighted by Gasteiger charge is -2.07. The molecule has 0 aliphatic rings. The van der Waals surface area contributed by atoms with Gasteiger partial charge in [0.05, 0.1) is 10.9 Å². The van der Waals surface area contributed by atoms with Gasteiger partial charge in [-0.3, -0.25) is 19.5 Å². The Bertz CT molecular complexity index is 851. The molecule has 1 atom stereocenters. The molecule has 0 fully saturated rings. The number of hydrogen-bond donors (Lipinski definition) is 2. The molecule has 27 heavy (non-hydrogen) atoms. The summed E-state index contributed by atoms with van der Waals surface area (Å²) in [6.45, 7) is 1.16. The van der Waals surface area contributed by atoms with Crippen LogP contribution in [0.1, 0.15) is 17.5 Å². The zero-order chi connectivity index (χ0) is 20.4. The van der Waals surface area contributed by atoms with E-state index in [4.69, 9.17) is 10.3 Å². The van der Waals surface area contributed by atoms with E-state index >= 15 is 0 Å². The van der Waals surface area contributed by atoms with Crippen molar-refractivity contribution in [3.8, 4) is 0 Å². The molecule has 0 bridgehead atoms. The fraction of sp³-hybridized carbons (Fsp3) is 0.278. The topological polar surface area (TPSA) is 141 Å². The van der Waals surface area contributed by atoms with Gasteiger partial charge in [-0.1, -0.05) is 48.0 Å². The predicted octanol–water partition coefficient (Wildman–Crippen LogP) is 2.03. The van der Waals surface area contributed by atoms with Crippen molar-refractivity contribution in [3.63, 3.8) is 0 Å². The summed E-state index contributed by atoms with van der Waals surface area (Å²) in [7, 11) is -4.02. The van der Waals surface area contributed by atoms with E-state index in [1.54, 1.807) is 12.1 Å². The van der Waals surface area contributed by atoms with Crippen LogP contribution in [-0.4, -0.2) is 36.3 Å². The smallest absolute Gasteiger partial charge is 0.294 e. The average Bonchev–Trinajstić information content (AvgIpc) is 2.60. The quantitative estimate of drug-likeness (QED) is 0.416. The zero-order valence-electron chi connectivity index (χ0n) is 14.8. The first kappa shape index (κ1) is 22.4. The molecule has 0 saturated heterocycles. The Hall–Kier alpha value is -2.62. The van der Waals surface area contributed by atoms with Crippen LogP contribution in [0.5, 0.6) is 0 Å². The van der Waals surface area contributed by atoms with E-state index in [0.29, 0.717) is 12.8 Å². The van der Waals surface area contributed by atoms with E-state index in [0.717, 1.165) is 11.1 Å². The highest BCUT2D eigenvalue weighted by Crippen LogP contribution is 2.08. The standard InChI is InChI=1S/C11H14N2O3.C7H8O3S/c12-10(11(14)8-13(15)16)7-6-9-4-2-1-3-5-9;1-6-2-4-7(5-3-6)11(8,9)10/h1-5,10H,6-8,12H2;2-5H,1H3,(H,8,9,10). The first-order chi connectivity index (χ1) is 12.6. The number of nitrogens with zero attached hydrogens (tertiary/aromatic N) is 1. The van der Waals surface area contributed by atoms with E-state index in [2.05, 4.69) is 0 Å². The van der Waals surface area contributed by atoms with Crippen LogP contribution >= 0.6 is 0 Å². The van der Waals surface area contributed by atoms with E-state index in [9.17, 15) is 23.3 Å². The molecule has 0 radical (unpaired) electrons. The van der Waals surface area contributed by atoms with Gasteiger partial charge in [0, 0.05) is 4.92 Å². The maximum Gasteiger partial charge on any atom is 0.294 e. The Kier molecular flexibility index (Phi) is 8.73. The summed E-state index contributed by atoms with van der Waals surface area (Å²) in [6.07, 6.45) is 1.10. The number of nitro groups is 1. The second-order valence-electron chi connectivity index (χ2n) is 5.88. The third-order valence-corrected chi connectivity index (χ3v) is 4.47. The van der Waals surface area contributed by atoms with Crippen molar-refractivity contribution < 1.29 is 22.7 Å². The Morgan fingerprint density at radius 1 is 1.15 bits per heavy atom. The predicted molar refractivity (Wildman–Crippen MR) is 101 cm³/mol. The van der Waals surface area contributed by atoms with Gasteiger partial charge < -0.3 is 5.73 Å². The molecule has 2 rings (SSSR count). The van der Waals surface area contributed by atoms with Gasteiger partial charge in [-0.2, -0.15) is 8.42 Å². The number of nitrogens with two attached hydrogens (primary N) is 1. The molecule has 0 saturated carbocycles. The second-order valence-corrected chi connectivity index (χ2v) is 7.30. The van der Waals surface area contributed by atoms with E-state index in [-0.39, 0.29) is 4.90 Å². The monoisotopic (exact) mass is 394 g/mol. The number of benzene rings is 2. The van der Waals surface area contributed by atoms with Crippen molar-refractivity contribution in [2.75, 3.05) is 6.54 Å². The molecule has 2 aromatic carbocycles. The second kappa shape index (κ2) is 10.5. The number of carbonyl (C=O) groups is 1. The zero-order valence-corrected chi connectivity index (χ0v) is 15.6. The minimum Gasteiger partial charge on any atom is -0.321 e. The Morgan fingerprint density at radius 2 is 1.70 bits per heavy atom. The van der Waals surface area contributed by atoms with Crippen molar-refractivity contribution in [1.29, 1.82) is 0 Å². The summed E-state index contributed by atoms with van der Waals surface area (Å²) in [4.78, 5) is 20.6. The average molecular weight is 394 g/mol. The van der Waals surface area contributed by atoms with Crippen LogP contribution in [0.25, 0.3) is 0 Å². The summed E-state index contributed by atoms with van der Waals surface area (Å²) < 4.78 is 29.6.